The van der Waals surface area contributed by atoms with Crippen LogP contribution in [0.15, 0.2) is 17.5 Å². The van der Waals surface area contributed by atoms with Crippen LogP contribution in [-0.4, -0.2) is 7.05 Å². The number of rotatable bonds is 4. The Morgan fingerprint density at radius 2 is 1.70 bits per heavy atom. The van der Waals surface area contributed by atoms with Crippen LogP contribution in [-0.2, 0) is 6.42 Å². The molecule has 1 heterocycles. The van der Waals surface area contributed by atoms with Crippen LogP contribution in [0.5, 0.6) is 0 Å². The van der Waals surface area contributed by atoms with Crippen LogP contribution in [0.1, 0.15) is 38.7 Å². The van der Waals surface area contributed by atoms with Crippen molar-refractivity contribution in [3.05, 3.63) is 55.2 Å². The molecule has 0 spiro atoms. The Hall–Kier alpha value is -0.830. The molecule has 108 valence electrons. The van der Waals surface area contributed by atoms with Crippen molar-refractivity contribution in [2.45, 2.75) is 40.2 Å². The molecule has 0 radical (unpaired) electrons. The summed E-state index contributed by atoms with van der Waals surface area (Å²) >= 11 is 8.17. The molecule has 0 fully saturated rings. The highest BCUT2D eigenvalue weighted by molar-refractivity contribution is 7.10. The molecule has 2 rings (SSSR count). The van der Waals surface area contributed by atoms with E-state index in [0.717, 1.165) is 11.4 Å². The van der Waals surface area contributed by atoms with Crippen LogP contribution in [0.25, 0.3) is 0 Å². The maximum Gasteiger partial charge on any atom is 0.0590 e. The molecule has 1 N–H and O–H groups in total. The van der Waals surface area contributed by atoms with Crippen LogP contribution >= 0.6 is 22.9 Å². The number of hydrogen-bond acceptors (Lipinski definition) is 2. The predicted octanol–water partition coefficient (Wildman–Crippen LogP) is 5.14. The fourth-order valence-corrected chi connectivity index (χ4v) is 4.18. The van der Waals surface area contributed by atoms with Crippen LogP contribution in [0.2, 0.25) is 5.02 Å². The van der Waals surface area contributed by atoms with Crippen molar-refractivity contribution in [2.24, 2.45) is 0 Å². The second-order valence-corrected chi connectivity index (χ2v) is 6.81. The van der Waals surface area contributed by atoms with E-state index in [0.29, 0.717) is 0 Å². The first kappa shape index (κ1) is 15.6. The molecule has 0 aliphatic rings. The largest absolute Gasteiger partial charge is 0.312 e. The SMILES string of the molecule is CNC(Cc1c(C)cc(C)cc1C)c1scc(C)c1Cl. The smallest absolute Gasteiger partial charge is 0.0590 e. The Balaban J connectivity index is 2.34. The first-order valence-electron chi connectivity index (χ1n) is 6.91. The van der Waals surface area contributed by atoms with Crippen molar-refractivity contribution in [3.8, 4) is 0 Å². The minimum Gasteiger partial charge on any atom is -0.312 e. The average molecular weight is 308 g/mol. The number of nitrogens with one attached hydrogen (secondary N) is 1. The van der Waals surface area contributed by atoms with Crippen LogP contribution in [0, 0.1) is 27.7 Å². The molecule has 3 heteroatoms. The van der Waals surface area contributed by atoms with Gasteiger partial charge in [0.2, 0.25) is 0 Å². The number of likely N-dealkylation sites (N-methyl/N-ethyl adjacent to an activating group) is 1. The molecule has 20 heavy (non-hydrogen) atoms. The first-order valence-corrected chi connectivity index (χ1v) is 8.17. The van der Waals surface area contributed by atoms with E-state index in [9.17, 15) is 0 Å². The molecule has 1 aromatic heterocycles. The van der Waals surface area contributed by atoms with E-state index in [2.05, 4.69) is 50.5 Å². The van der Waals surface area contributed by atoms with Gasteiger partial charge in [-0.2, -0.15) is 0 Å². The lowest BCUT2D eigenvalue weighted by atomic mass is 9.94. The summed E-state index contributed by atoms with van der Waals surface area (Å²) in [5.41, 5.74) is 6.66. The Bertz CT molecular complexity index is 592. The Kier molecular flexibility index (Phi) is 4.90. The van der Waals surface area contributed by atoms with Gasteiger partial charge in [-0.05, 0) is 68.8 Å². The fraction of sp³-hybridized carbons (Fsp3) is 0.412. The predicted molar refractivity (Wildman–Crippen MR) is 90.2 cm³/mol. The summed E-state index contributed by atoms with van der Waals surface area (Å²) in [5, 5.41) is 6.47. The molecule has 2 aromatic rings. The molecule has 1 unspecified atom stereocenters. The normalized spacial score (nSPS) is 12.7. The third kappa shape index (κ3) is 3.08. The standard InChI is InChI=1S/C17H22ClNS/c1-10-6-11(2)14(12(3)7-10)8-15(19-5)17-16(18)13(4)9-20-17/h6-7,9,15,19H,8H2,1-5H3. The molecular weight excluding hydrogens is 286 g/mol. The molecular formula is C17H22ClNS. The van der Waals surface area contributed by atoms with Crippen LogP contribution in [0.4, 0.5) is 0 Å². The monoisotopic (exact) mass is 307 g/mol. The van der Waals surface area contributed by atoms with E-state index in [1.807, 2.05) is 7.05 Å². The summed E-state index contributed by atoms with van der Waals surface area (Å²) in [6.07, 6.45) is 0.980. The number of hydrogen-bond donors (Lipinski definition) is 1. The zero-order chi connectivity index (χ0) is 14.9. The van der Waals surface area contributed by atoms with Crippen LogP contribution in [0.3, 0.4) is 0 Å². The lowest BCUT2D eigenvalue weighted by Crippen LogP contribution is -2.19. The Morgan fingerprint density at radius 3 is 2.15 bits per heavy atom. The summed E-state index contributed by atoms with van der Waals surface area (Å²) in [6, 6.07) is 4.80. The molecule has 1 nitrogen and oxygen atoms in total. The summed E-state index contributed by atoms with van der Waals surface area (Å²) in [4.78, 5) is 1.24. The maximum absolute atomic E-state index is 6.42. The zero-order valence-corrected chi connectivity index (χ0v) is 14.4. The first-order chi connectivity index (χ1) is 9.43. The molecule has 1 atom stereocenters. The number of halogens is 1. The van der Waals surface area contributed by atoms with E-state index in [1.165, 1.54) is 32.7 Å². The highest BCUT2D eigenvalue weighted by atomic mass is 35.5. The van der Waals surface area contributed by atoms with E-state index >= 15 is 0 Å². The number of aryl methyl sites for hydroxylation is 4. The summed E-state index contributed by atoms with van der Waals surface area (Å²) in [5.74, 6) is 0. The molecule has 0 saturated carbocycles. The van der Waals surface area contributed by atoms with Gasteiger partial charge in [-0.3, -0.25) is 0 Å². The molecule has 1 aromatic carbocycles. The van der Waals surface area contributed by atoms with Gasteiger partial charge in [0, 0.05) is 10.9 Å². The highest BCUT2D eigenvalue weighted by Gasteiger charge is 2.18. The van der Waals surface area contributed by atoms with Crippen molar-refractivity contribution in [3.63, 3.8) is 0 Å². The zero-order valence-electron chi connectivity index (χ0n) is 12.8. The van der Waals surface area contributed by atoms with Crippen LogP contribution < -0.4 is 5.32 Å². The second-order valence-electron chi connectivity index (χ2n) is 5.52. The van der Waals surface area contributed by atoms with Gasteiger partial charge in [0.1, 0.15) is 0 Å². The molecule has 0 saturated heterocycles. The van der Waals surface area contributed by atoms with Crippen molar-refractivity contribution in [1.82, 2.24) is 5.32 Å². The van der Waals surface area contributed by atoms with Crippen molar-refractivity contribution < 1.29 is 0 Å². The molecule has 0 bridgehead atoms. The quantitative estimate of drug-likeness (QED) is 0.825. The lowest BCUT2D eigenvalue weighted by Gasteiger charge is -2.19. The topological polar surface area (TPSA) is 12.0 Å². The van der Waals surface area contributed by atoms with Gasteiger partial charge < -0.3 is 5.32 Å². The van der Waals surface area contributed by atoms with Gasteiger partial charge in [-0.1, -0.05) is 29.3 Å². The molecule has 0 aliphatic carbocycles. The summed E-state index contributed by atoms with van der Waals surface area (Å²) in [6.45, 7) is 8.61. The number of thiophene rings is 1. The van der Waals surface area contributed by atoms with Gasteiger partial charge in [0.25, 0.3) is 0 Å². The lowest BCUT2D eigenvalue weighted by molar-refractivity contribution is 0.599. The van der Waals surface area contributed by atoms with E-state index in [1.54, 1.807) is 11.3 Å². The molecule has 0 aliphatic heterocycles. The van der Waals surface area contributed by atoms with E-state index < -0.39 is 0 Å². The number of benzene rings is 1. The summed E-state index contributed by atoms with van der Waals surface area (Å²) in [7, 11) is 2.01. The Labute approximate surface area is 131 Å². The fourth-order valence-electron chi connectivity index (χ4n) is 2.75. The van der Waals surface area contributed by atoms with Crippen molar-refractivity contribution >= 4 is 22.9 Å². The van der Waals surface area contributed by atoms with Gasteiger partial charge in [0.05, 0.1) is 5.02 Å². The third-order valence-electron chi connectivity index (χ3n) is 3.84. The highest BCUT2D eigenvalue weighted by Crippen LogP contribution is 2.34. The van der Waals surface area contributed by atoms with E-state index in [-0.39, 0.29) is 6.04 Å². The minimum absolute atomic E-state index is 0.279. The third-order valence-corrected chi connectivity index (χ3v) is 5.67. The van der Waals surface area contributed by atoms with Gasteiger partial charge in [-0.25, -0.2) is 0 Å². The van der Waals surface area contributed by atoms with Crippen molar-refractivity contribution in [2.75, 3.05) is 7.05 Å². The van der Waals surface area contributed by atoms with Crippen molar-refractivity contribution in [1.29, 1.82) is 0 Å². The Morgan fingerprint density at radius 1 is 1.10 bits per heavy atom. The maximum atomic E-state index is 6.42. The second kappa shape index (κ2) is 6.30. The van der Waals surface area contributed by atoms with Gasteiger partial charge >= 0.3 is 0 Å². The molecule has 0 amide bonds. The minimum atomic E-state index is 0.279. The van der Waals surface area contributed by atoms with E-state index in [4.69, 9.17) is 11.6 Å². The summed E-state index contributed by atoms with van der Waals surface area (Å²) < 4.78 is 0. The van der Waals surface area contributed by atoms with Gasteiger partial charge in [0.15, 0.2) is 0 Å². The van der Waals surface area contributed by atoms with Gasteiger partial charge in [-0.15, -0.1) is 11.3 Å². The average Bonchev–Trinajstić information content (AvgIpc) is 2.70.